The van der Waals surface area contributed by atoms with Gasteiger partial charge in [0.15, 0.2) is 6.10 Å². The Morgan fingerprint density at radius 1 is 1.71 bits per heavy atom. The highest BCUT2D eigenvalue weighted by Crippen LogP contribution is 2.05. The first-order valence-electron chi connectivity index (χ1n) is 4.75. The third kappa shape index (κ3) is 2.48. The summed E-state index contributed by atoms with van der Waals surface area (Å²) in [6.45, 7) is 1.40. The Kier molecular flexibility index (Phi) is 3.16. The molecule has 1 atom stereocenters. The minimum Gasteiger partial charge on any atom is -0.479 e. The van der Waals surface area contributed by atoms with Gasteiger partial charge in [0.05, 0.1) is 12.3 Å². The van der Waals surface area contributed by atoms with E-state index in [0.717, 1.165) is 0 Å². The summed E-state index contributed by atoms with van der Waals surface area (Å²) in [6.07, 6.45) is -0.934. The molecule has 0 fully saturated rings. The molecule has 0 aromatic carbocycles. The molecular formula is C9H9N3O4S. The van der Waals surface area contributed by atoms with Gasteiger partial charge in [-0.1, -0.05) is 11.3 Å². The van der Waals surface area contributed by atoms with Crippen LogP contribution in [0.2, 0.25) is 0 Å². The fraction of sp³-hybridized carbons (Fsp3) is 0.333. The summed E-state index contributed by atoms with van der Waals surface area (Å²) in [5.74, 6) is -1.06. The third-order valence-corrected chi connectivity index (χ3v) is 2.74. The van der Waals surface area contributed by atoms with Crippen LogP contribution in [0.3, 0.4) is 0 Å². The minimum atomic E-state index is -1.06. The smallest absolute Gasteiger partial charge is 0.332 e. The second-order valence-electron chi connectivity index (χ2n) is 3.31. The Balaban J connectivity index is 2.19. The Morgan fingerprint density at radius 3 is 3.18 bits per heavy atom. The molecule has 2 aromatic heterocycles. The number of carboxylic acids is 1. The fourth-order valence-electron chi connectivity index (χ4n) is 1.16. The number of hydrogen-bond acceptors (Lipinski definition) is 6. The monoisotopic (exact) mass is 255 g/mol. The summed E-state index contributed by atoms with van der Waals surface area (Å²) in [4.78, 5) is 26.7. The maximum Gasteiger partial charge on any atom is 0.332 e. The average molecular weight is 255 g/mol. The number of carbonyl (C=O) groups is 1. The zero-order valence-corrected chi connectivity index (χ0v) is 9.68. The normalized spacial score (nSPS) is 12.8. The molecule has 0 aliphatic rings. The van der Waals surface area contributed by atoms with Crippen LogP contribution >= 0.6 is 11.3 Å². The van der Waals surface area contributed by atoms with Gasteiger partial charge in [-0.3, -0.25) is 4.79 Å². The minimum absolute atomic E-state index is 0.0168. The van der Waals surface area contributed by atoms with Crippen molar-refractivity contribution < 1.29 is 14.6 Å². The highest BCUT2D eigenvalue weighted by Gasteiger charge is 2.12. The molecule has 2 heterocycles. The van der Waals surface area contributed by atoms with Gasteiger partial charge in [0.2, 0.25) is 4.96 Å². The quantitative estimate of drug-likeness (QED) is 0.835. The first-order valence-corrected chi connectivity index (χ1v) is 5.63. The first-order chi connectivity index (χ1) is 8.08. The molecule has 90 valence electrons. The van der Waals surface area contributed by atoms with Crippen LogP contribution in [0.5, 0.6) is 0 Å². The van der Waals surface area contributed by atoms with E-state index in [0.29, 0.717) is 10.7 Å². The van der Waals surface area contributed by atoms with E-state index in [2.05, 4.69) is 10.1 Å². The lowest BCUT2D eigenvalue weighted by atomic mass is 10.4. The molecule has 1 N–H and O–H groups in total. The predicted molar refractivity (Wildman–Crippen MR) is 59.0 cm³/mol. The van der Waals surface area contributed by atoms with Gasteiger partial charge in [-0.15, -0.1) is 0 Å². The fourth-order valence-corrected chi connectivity index (χ4v) is 1.80. The molecule has 0 amide bonds. The van der Waals surface area contributed by atoms with Crippen molar-refractivity contribution in [2.75, 3.05) is 0 Å². The van der Waals surface area contributed by atoms with E-state index >= 15 is 0 Å². The number of carboxylic acid groups (broad SMARTS) is 1. The van der Waals surface area contributed by atoms with Crippen LogP contribution in [0.4, 0.5) is 0 Å². The van der Waals surface area contributed by atoms with E-state index in [1.165, 1.54) is 34.4 Å². The van der Waals surface area contributed by atoms with Gasteiger partial charge < -0.3 is 9.84 Å². The summed E-state index contributed by atoms with van der Waals surface area (Å²) in [5.41, 5.74) is 1.60. The maximum atomic E-state index is 11.5. The molecular weight excluding hydrogens is 246 g/mol. The lowest BCUT2D eigenvalue weighted by molar-refractivity contribution is -0.149. The highest BCUT2D eigenvalue weighted by atomic mass is 32.1. The number of rotatable bonds is 4. The highest BCUT2D eigenvalue weighted by molar-refractivity contribution is 7.14. The van der Waals surface area contributed by atoms with Gasteiger partial charge in [0, 0.05) is 6.07 Å². The van der Waals surface area contributed by atoms with Gasteiger partial charge in [-0.2, -0.15) is 9.61 Å². The Labute approximate surface area is 99.3 Å². The van der Waals surface area contributed by atoms with Gasteiger partial charge >= 0.3 is 5.97 Å². The summed E-state index contributed by atoms with van der Waals surface area (Å²) in [5, 5.41) is 12.4. The van der Waals surface area contributed by atoms with Crippen LogP contribution in [0.25, 0.3) is 4.96 Å². The predicted octanol–water partition coefficient (Wildman–Crippen LogP) is 0.141. The van der Waals surface area contributed by atoms with Crippen molar-refractivity contribution in [1.29, 1.82) is 0 Å². The Hall–Kier alpha value is -1.80. The zero-order valence-electron chi connectivity index (χ0n) is 8.86. The van der Waals surface area contributed by atoms with Crippen molar-refractivity contribution in [3.63, 3.8) is 0 Å². The summed E-state index contributed by atoms with van der Waals surface area (Å²) < 4.78 is 6.22. The Bertz CT molecular complexity index is 606. The SMILES string of the molecule is C[C@H](OCc1cc(=O)n2ncsc2n1)C(=O)O. The van der Waals surface area contributed by atoms with E-state index < -0.39 is 12.1 Å². The number of fused-ring (bicyclic) bond motifs is 1. The lowest BCUT2D eigenvalue weighted by Crippen LogP contribution is -2.21. The van der Waals surface area contributed by atoms with Gasteiger partial charge in [0.1, 0.15) is 5.51 Å². The molecule has 0 aliphatic heterocycles. The molecule has 8 heteroatoms. The van der Waals surface area contributed by atoms with Crippen LogP contribution in [-0.2, 0) is 16.1 Å². The summed E-state index contributed by atoms with van der Waals surface area (Å²) >= 11 is 1.23. The van der Waals surface area contributed by atoms with E-state index in [4.69, 9.17) is 9.84 Å². The van der Waals surface area contributed by atoms with Crippen molar-refractivity contribution >= 4 is 22.3 Å². The molecule has 0 aliphatic carbocycles. The van der Waals surface area contributed by atoms with Crippen LogP contribution < -0.4 is 5.56 Å². The van der Waals surface area contributed by atoms with Crippen molar-refractivity contribution in [1.82, 2.24) is 14.6 Å². The second kappa shape index (κ2) is 4.60. The lowest BCUT2D eigenvalue weighted by Gasteiger charge is -2.07. The molecule has 0 radical (unpaired) electrons. The topological polar surface area (TPSA) is 93.8 Å². The standard InChI is InChI=1S/C9H9N3O4S/c1-5(8(14)15)16-3-6-2-7(13)12-9(11-6)17-4-10-12/h2,4-5H,3H2,1H3,(H,14,15)/t5-/m0/s1. The van der Waals surface area contributed by atoms with Crippen LogP contribution in [0.1, 0.15) is 12.6 Å². The molecule has 17 heavy (non-hydrogen) atoms. The van der Waals surface area contributed by atoms with Crippen molar-refractivity contribution in [3.8, 4) is 0 Å². The first kappa shape index (κ1) is 11.7. The Morgan fingerprint density at radius 2 is 2.47 bits per heavy atom. The molecule has 0 saturated heterocycles. The third-order valence-electron chi connectivity index (χ3n) is 2.07. The van der Waals surface area contributed by atoms with Gasteiger partial charge in [-0.25, -0.2) is 9.78 Å². The van der Waals surface area contributed by atoms with E-state index in [1.54, 1.807) is 0 Å². The summed E-state index contributed by atoms with van der Waals surface area (Å²) in [7, 11) is 0. The molecule has 0 spiro atoms. The molecule has 0 saturated carbocycles. The summed E-state index contributed by atoms with van der Waals surface area (Å²) in [6, 6.07) is 1.28. The second-order valence-corrected chi connectivity index (χ2v) is 4.12. The molecule has 2 aromatic rings. The number of aliphatic carboxylic acids is 1. The maximum absolute atomic E-state index is 11.5. The molecule has 7 nitrogen and oxygen atoms in total. The molecule has 2 rings (SSSR count). The average Bonchev–Trinajstić information content (AvgIpc) is 2.74. The van der Waals surface area contributed by atoms with E-state index in [9.17, 15) is 9.59 Å². The van der Waals surface area contributed by atoms with Crippen molar-refractivity contribution in [3.05, 3.63) is 27.6 Å². The zero-order chi connectivity index (χ0) is 12.4. The van der Waals surface area contributed by atoms with E-state index in [1.807, 2.05) is 0 Å². The van der Waals surface area contributed by atoms with Crippen molar-refractivity contribution in [2.45, 2.75) is 19.6 Å². The molecule has 0 bridgehead atoms. The van der Waals surface area contributed by atoms with Crippen molar-refractivity contribution in [2.24, 2.45) is 0 Å². The van der Waals surface area contributed by atoms with Crippen LogP contribution in [-0.4, -0.2) is 31.8 Å². The van der Waals surface area contributed by atoms with Gasteiger partial charge in [-0.05, 0) is 6.92 Å². The number of nitrogens with zero attached hydrogens (tertiary/aromatic N) is 3. The van der Waals surface area contributed by atoms with Crippen LogP contribution in [0, 0.1) is 0 Å². The largest absolute Gasteiger partial charge is 0.479 e. The van der Waals surface area contributed by atoms with E-state index in [-0.39, 0.29) is 12.2 Å². The number of ether oxygens (including phenoxy) is 1. The number of hydrogen-bond donors (Lipinski definition) is 1. The van der Waals surface area contributed by atoms with Crippen LogP contribution in [0.15, 0.2) is 16.4 Å². The number of aromatic nitrogens is 3. The molecule has 0 unspecified atom stereocenters. The van der Waals surface area contributed by atoms with Gasteiger partial charge in [0.25, 0.3) is 5.56 Å².